The smallest absolute Gasteiger partial charge is 0.240 e. The highest BCUT2D eigenvalue weighted by atomic mass is 35.5. The molecule has 0 radical (unpaired) electrons. The van der Waals surface area contributed by atoms with Gasteiger partial charge in [0.25, 0.3) is 0 Å². The molecule has 4 aromatic rings. The lowest BCUT2D eigenvalue weighted by atomic mass is 9.66. The normalized spacial score (nSPS) is 28.5. The van der Waals surface area contributed by atoms with E-state index in [0.717, 1.165) is 0 Å². The van der Waals surface area contributed by atoms with Crippen molar-refractivity contribution in [2.75, 3.05) is 11.5 Å². The number of aliphatic hydroxyl groups is 1. The molecule has 3 saturated heterocycles. The van der Waals surface area contributed by atoms with E-state index >= 15 is 0 Å². The first-order valence-electron chi connectivity index (χ1n) is 13.2. The molecule has 5 atom stereocenters. The number of fused-ring (bicyclic) bond motifs is 7. The predicted molar refractivity (Wildman–Crippen MR) is 153 cm³/mol. The van der Waals surface area contributed by atoms with E-state index in [1.807, 2.05) is 6.07 Å². The number of hydrogen-bond donors (Lipinski definition) is 1. The molecule has 10 heteroatoms. The molecule has 5 unspecified atom stereocenters. The van der Waals surface area contributed by atoms with Crippen molar-refractivity contribution in [1.82, 2.24) is 4.98 Å². The average Bonchev–Trinajstić information content (AvgIpc) is 3.50. The summed E-state index contributed by atoms with van der Waals surface area (Å²) >= 11 is 12.8. The molecule has 3 aliphatic heterocycles. The predicted octanol–water partition coefficient (Wildman–Crippen LogP) is 5.43. The number of pyridine rings is 1. The van der Waals surface area contributed by atoms with Crippen LogP contribution in [-0.4, -0.2) is 45.8 Å². The fourth-order valence-corrected chi connectivity index (χ4v) is 7.62. The van der Waals surface area contributed by atoms with Gasteiger partial charge in [0.2, 0.25) is 11.8 Å². The van der Waals surface area contributed by atoms with E-state index in [-0.39, 0.29) is 25.4 Å². The number of ether oxygens (including phenoxy) is 2. The third-order valence-electron chi connectivity index (χ3n) is 8.90. The first-order chi connectivity index (χ1) is 19.7. The number of amides is 2. The molecule has 3 aromatic carbocycles. The molecule has 4 heterocycles. The summed E-state index contributed by atoms with van der Waals surface area (Å²) in [5.41, 5.74) is -0.981. The van der Waals surface area contributed by atoms with Crippen LogP contribution >= 0.6 is 23.2 Å². The summed E-state index contributed by atoms with van der Waals surface area (Å²) in [6, 6.07) is 17.8. The standard InChI is InChI=1S/C31H23Cl2N3O5/c1-30-23(37)14-31(41-30,10-12-40-27-21(33)13-20(32)19-7-4-11-35-26(19)27)25-24(30)28(38)36(29(25)39)22-9-8-16(15-34)17-5-2-3-6-18(17)22/h2-9,11,13,23-25,37H,10,12,14H2,1H3. The number of hydrogen-bond acceptors (Lipinski definition) is 7. The summed E-state index contributed by atoms with van der Waals surface area (Å²) in [7, 11) is 0. The van der Waals surface area contributed by atoms with E-state index in [9.17, 15) is 20.0 Å². The topological polar surface area (TPSA) is 113 Å². The minimum atomic E-state index is -1.24. The highest BCUT2D eigenvalue weighted by molar-refractivity contribution is 6.39. The van der Waals surface area contributed by atoms with E-state index in [4.69, 9.17) is 32.7 Å². The van der Waals surface area contributed by atoms with E-state index in [1.165, 1.54) is 4.90 Å². The third-order valence-corrected chi connectivity index (χ3v) is 9.49. The molecular weight excluding hydrogens is 565 g/mol. The molecule has 1 N–H and O–H groups in total. The van der Waals surface area contributed by atoms with E-state index < -0.39 is 35.0 Å². The lowest BCUT2D eigenvalue weighted by molar-refractivity contribution is -0.134. The zero-order valence-corrected chi connectivity index (χ0v) is 23.3. The van der Waals surface area contributed by atoms with Crippen LogP contribution in [0.3, 0.4) is 0 Å². The fraction of sp³-hybridized carbons (Fsp3) is 0.290. The van der Waals surface area contributed by atoms with Crippen molar-refractivity contribution in [3.05, 3.63) is 76.4 Å². The van der Waals surface area contributed by atoms with Gasteiger partial charge in [0.15, 0.2) is 5.75 Å². The number of nitriles is 1. The quantitative estimate of drug-likeness (QED) is 0.309. The molecule has 0 aliphatic carbocycles. The SMILES string of the molecule is CC12OC(CCOc3c(Cl)cc(Cl)c4cccnc34)(CC1O)C1C(=O)N(c3ccc(C#N)c4ccccc34)C(=O)C12. The maximum atomic E-state index is 14.1. The van der Waals surface area contributed by atoms with Crippen molar-refractivity contribution in [3.8, 4) is 11.8 Å². The molecule has 8 nitrogen and oxygen atoms in total. The minimum absolute atomic E-state index is 0.0975. The van der Waals surface area contributed by atoms with E-state index in [1.54, 1.807) is 61.7 Å². The molecular formula is C31H23Cl2N3O5. The number of aliphatic hydroxyl groups excluding tert-OH is 1. The summed E-state index contributed by atoms with van der Waals surface area (Å²) in [5, 5.41) is 23.4. The highest BCUT2D eigenvalue weighted by Gasteiger charge is 2.77. The van der Waals surface area contributed by atoms with Gasteiger partial charge in [-0.1, -0.05) is 47.5 Å². The Morgan fingerprint density at radius 1 is 1.07 bits per heavy atom. The van der Waals surface area contributed by atoms with Gasteiger partial charge in [-0.2, -0.15) is 5.26 Å². The number of rotatable bonds is 5. The monoisotopic (exact) mass is 587 g/mol. The molecule has 3 fully saturated rings. The van der Waals surface area contributed by atoms with Crippen LogP contribution in [0.2, 0.25) is 10.0 Å². The number of carbonyl (C=O) groups excluding carboxylic acids is 2. The lowest BCUT2D eigenvalue weighted by Gasteiger charge is -2.33. The van der Waals surface area contributed by atoms with Gasteiger partial charge in [-0.3, -0.25) is 14.6 Å². The maximum absolute atomic E-state index is 14.1. The average molecular weight is 588 g/mol. The number of benzene rings is 3. The molecule has 0 saturated carbocycles. The van der Waals surface area contributed by atoms with Gasteiger partial charge in [0.1, 0.15) is 11.1 Å². The molecule has 2 bridgehead atoms. The molecule has 41 heavy (non-hydrogen) atoms. The van der Waals surface area contributed by atoms with Crippen molar-refractivity contribution in [2.45, 2.75) is 37.1 Å². The van der Waals surface area contributed by atoms with E-state index in [0.29, 0.717) is 48.7 Å². The summed E-state index contributed by atoms with van der Waals surface area (Å²) in [6.07, 6.45) is 1.09. The van der Waals surface area contributed by atoms with Crippen molar-refractivity contribution in [1.29, 1.82) is 5.26 Å². The Kier molecular flexibility index (Phi) is 5.83. The van der Waals surface area contributed by atoms with Gasteiger partial charge < -0.3 is 14.6 Å². The number of carbonyl (C=O) groups is 2. The van der Waals surface area contributed by atoms with Gasteiger partial charge in [-0.05, 0) is 37.3 Å². The Labute approximate surface area is 245 Å². The summed E-state index contributed by atoms with van der Waals surface area (Å²) in [5.74, 6) is -2.12. The first kappa shape index (κ1) is 26.2. The first-order valence-corrected chi connectivity index (χ1v) is 14.0. The van der Waals surface area contributed by atoms with Crippen LogP contribution in [0.5, 0.6) is 5.75 Å². The zero-order valence-electron chi connectivity index (χ0n) is 21.8. The molecule has 0 spiro atoms. The highest BCUT2D eigenvalue weighted by Crippen LogP contribution is 2.62. The van der Waals surface area contributed by atoms with E-state index in [2.05, 4.69) is 11.1 Å². The van der Waals surface area contributed by atoms with Gasteiger partial charge >= 0.3 is 0 Å². The van der Waals surface area contributed by atoms with Gasteiger partial charge in [0.05, 0.1) is 57.5 Å². The van der Waals surface area contributed by atoms with Crippen molar-refractivity contribution in [2.24, 2.45) is 11.8 Å². The third kappa shape index (κ3) is 3.57. The Morgan fingerprint density at radius 2 is 1.80 bits per heavy atom. The number of halogens is 2. The molecule has 2 amide bonds. The Bertz CT molecular complexity index is 1840. The second kappa shape index (κ2) is 9.13. The van der Waals surface area contributed by atoms with Crippen molar-refractivity contribution >= 4 is 62.4 Å². The number of aromatic nitrogens is 1. The van der Waals surface area contributed by atoms with Crippen LogP contribution in [-0.2, 0) is 14.3 Å². The summed E-state index contributed by atoms with van der Waals surface area (Å²) < 4.78 is 12.6. The maximum Gasteiger partial charge on any atom is 0.240 e. The second-order valence-electron chi connectivity index (χ2n) is 11.0. The molecule has 3 aliphatic rings. The van der Waals surface area contributed by atoms with Crippen molar-refractivity contribution in [3.63, 3.8) is 0 Å². The van der Waals surface area contributed by atoms with Crippen molar-refractivity contribution < 1.29 is 24.2 Å². The fourth-order valence-electron chi connectivity index (χ4n) is 7.05. The van der Waals surface area contributed by atoms with Gasteiger partial charge in [-0.25, -0.2) is 4.90 Å². The lowest BCUT2D eigenvalue weighted by Crippen LogP contribution is -2.49. The second-order valence-corrected chi connectivity index (χ2v) is 11.8. The summed E-state index contributed by atoms with van der Waals surface area (Å²) in [4.78, 5) is 33.7. The minimum Gasteiger partial charge on any atom is -0.490 e. The largest absolute Gasteiger partial charge is 0.490 e. The number of nitrogens with zero attached hydrogens (tertiary/aromatic N) is 3. The molecule has 7 rings (SSSR count). The van der Waals surface area contributed by atoms with Crippen LogP contribution in [0, 0.1) is 23.2 Å². The van der Waals surface area contributed by atoms with Gasteiger partial charge in [-0.15, -0.1) is 0 Å². The Morgan fingerprint density at radius 3 is 2.59 bits per heavy atom. The van der Waals surface area contributed by atoms with Crippen LogP contribution in [0.4, 0.5) is 5.69 Å². The summed E-state index contributed by atoms with van der Waals surface area (Å²) in [6.45, 7) is 1.80. The van der Waals surface area contributed by atoms with Crippen LogP contribution in [0.1, 0.15) is 25.3 Å². The van der Waals surface area contributed by atoms with Crippen LogP contribution in [0.25, 0.3) is 21.7 Å². The molecule has 206 valence electrons. The van der Waals surface area contributed by atoms with Crippen LogP contribution in [0.15, 0.2) is 60.8 Å². The van der Waals surface area contributed by atoms with Gasteiger partial charge in [0, 0.05) is 35.2 Å². The van der Waals surface area contributed by atoms with Crippen LogP contribution < -0.4 is 9.64 Å². The zero-order chi connectivity index (χ0) is 28.7. The number of imide groups is 1. The Hall–Kier alpha value is -3.74. The molecule has 1 aromatic heterocycles. The Balaban J connectivity index is 1.24. The number of anilines is 1.